The number of halogens is 2. The third kappa shape index (κ3) is 4.71. The van der Waals surface area contributed by atoms with Crippen molar-refractivity contribution >= 4 is 46.4 Å². The van der Waals surface area contributed by atoms with Gasteiger partial charge in [-0.05, 0) is 24.3 Å². The Morgan fingerprint density at radius 3 is 2.39 bits per heavy atom. The van der Waals surface area contributed by atoms with Gasteiger partial charge in [0.15, 0.2) is 0 Å². The van der Waals surface area contributed by atoms with Gasteiger partial charge in [-0.15, -0.1) is 0 Å². The minimum Gasteiger partial charge on any atom is -0.326 e. The van der Waals surface area contributed by atoms with Crippen molar-refractivity contribution in [1.29, 1.82) is 0 Å². The molecule has 6 heteroatoms. The number of carbonyl (C=O) groups excluding carboxylic acids is 2. The molecule has 23 heavy (non-hydrogen) atoms. The first-order valence-corrected chi connectivity index (χ1v) is 7.81. The molecule has 0 radical (unpaired) electrons. The molecule has 2 amide bonds. The molecular formula is C17H16Cl2N2O2. The maximum absolute atomic E-state index is 12.0. The molecule has 0 aromatic heterocycles. The fourth-order valence-corrected chi connectivity index (χ4v) is 2.50. The molecule has 0 aliphatic rings. The zero-order chi connectivity index (χ0) is 16.8. The Balaban J connectivity index is 2.04. The van der Waals surface area contributed by atoms with E-state index < -0.39 is 0 Å². The first kappa shape index (κ1) is 17.3. The SMILES string of the molecule is CC(=O)N(CCC(=O)Nc1ccccc1)c1cccc(Cl)c1Cl. The summed E-state index contributed by atoms with van der Waals surface area (Å²) in [7, 11) is 0. The van der Waals surface area contributed by atoms with Gasteiger partial charge in [-0.3, -0.25) is 9.59 Å². The molecule has 2 rings (SSSR count). The van der Waals surface area contributed by atoms with Crippen LogP contribution in [0.3, 0.4) is 0 Å². The Morgan fingerprint density at radius 1 is 1.04 bits per heavy atom. The molecule has 1 N–H and O–H groups in total. The fourth-order valence-electron chi connectivity index (χ4n) is 2.11. The van der Waals surface area contributed by atoms with E-state index in [9.17, 15) is 9.59 Å². The maximum atomic E-state index is 12.0. The van der Waals surface area contributed by atoms with E-state index in [1.807, 2.05) is 18.2 Å². The van der Waals surface area contributed by atoms with E-state index in [1.54, 1.807) is 30.3 Å². The Labute approximate surface area is 145 Å². The Hall–Kier alpha value is -2.04. The smallest absolute Gasteiger partial charge is 0.226 e. The third-order valence-electron chi connectivity index (χ3n) is 3.22. The van der Waals surface area contributed by atoms with Crippen LogP contribution in [0, 0.1) is 0 Å². The van der Waals surface area contributed by atoms with Gasteiger partial charge in [0.1, 0.15) is 0 Å². The molecule has 0 saturated carbocycles. The summed E-state index contributed by atoms with van der Waals surface area (Å²) in [5.74, 6) is -0.387. The number of nitrogens with one attached hydrogen (secondary N) is 1. The minimum atomic E-state index is -0.207. The van der Waals surface area contributed by atoms with Crippen molar-refractivity contribution in [1.82, 2.24) is 0 Å². The van der Waals surface area contributed by atoms with E-state index in [1.165, 1.54) is 11.8 Å². The van der Waals surface area contributed by atoms with Crippen molar-refractivity contribution in [3.8, 4) is 0 Å². The van der Waals surface area contributed by atoms with Crippen molar-refractivity contribution < 1.29 is 9.59 Å². The summed E-state index contributed by atoms with van der Waals surface area (Å²) >= 11 is 12.1. The van der Waals surface area contributed by atoms with Gasteiger partial charge in [-0.1, -0.05) is 47.5 Å². The van der Waals surface area contributed by atoms with Crippen molar-refractivity contribution in [3.63, 3.8) is 0 Å². The summed E-state index contributed by atoms with van der Waals surface area (Å²) in [5, 5.41) is 3.44. The monoisotopic (exact) mass is 350 g/mol. The number of hydrogen-bond donors (Lipinski definition) is 1. The molecule has 2 aromatic carbocycles. The van der Waals surface area contributed by atoms with E-state index in [2.05, 4.69) is 5.32 Å². The second-order valence-electron chi connectivity index (χ2n) is 4.91. The first-order chi connectivity index (χ1) is 11.0. The second-order valence-corrected chi connectivity index (χ2v) is 5.69. The first-order valence-electron chi connectivity index (χ1n) is 7.06. The quantitative estimate of drug-likeness (QED) is 0.869. The normalized spacial score (nSPS) is 10.2. The van der Waals surface area contributed by atoms with Gasteiger partial charge in [0.25, 0.3) is 0 Å². The lowest BCUT2D eigenvalue weighted by Crippen LogP contribution is -2.32. The lowest BCUT2D eigenvalue weighted by Gasteiger charge is -2.22. The molecule has 120 valence electrons. The summed E-state index contributed by atoms with van der Waals surface area (Å²) in [6.07, 6.45) is 0.150. The molecule has 0 fully saturated rings. The van der Waals surface area contributed by atoms with E-state index >= 15 is 0 Å². The highest BCUT2D eigenvalue weighted by Crippen LogP contribution is 2.32. The molecule has 0 atom stereocenters. The van der Waals surface area contributed by atoms with Crippen LogP contribution in [0.4, 0.5) is 11.4 Å². The summed E-state index contributed by atoms with van der Waals surface area (Å²) in [6.45, 7) is 1.64. The van der Waals surface area contributed by atoms with Gasteiger partial charge < -0.3 is 10.2 Å². The van der Waals surface area contributed by atoms with Crippen LogP contribution in [0.5, 0.6) is 0 Å². The summed E-state index contributed by atoms with van der Waals surface area (Å²) < 4.78 is 0. The summed E-state index contributed by atoms with van der Waals surface area (Å²) in [6, 6.07) is 14.2. The van der Waals surface area contributed by atoms with E-state index in [-0.39, 0.29) is 24.8 Å². The van der Waals surface area contributed by atoms with Gasteiger partial charge >= 0.3 is 0 Å². The molecule has 2 aromatic rings. The highest BCUT2D eigenvalue weighted by Gasteiger charge is 2.17. The largest absolute Gasteiger partial charge is 0.326 e. The summed E-state index contributed by atoms with van der Waals surface area (Å²) in [4.78, 5) is 25.3. The minimum absolute atomic E-state index is 0.150. The zero-order valence-electron chi connectivity index (χ0n) is 12.6. The van der Waals surface area contributed by atoms with Crippen LogP contribution in [0.25, 0.3) is 0 Å². The molecule has 0 saturated heterocycles. The van der Waals surface area contributed by atoms with Crippen molar-refractivity contribution in [2.75, 3.05) is 16.8 Å². The number of nitrogens with zero attached hydrogens (tertiary/aromatic N) is 1. The molecule has 0 aliphatic heterocycles. The average molecular weight is 351 g/mol. The molecule has 0 heterocycles. The van der Waals surface area contributed by atoms with Gasteiger partial charge in [0, 0.05) is 25.6 Å². The lowest BCUT2D eigenvalue weighted by molar-refractivity contribution is -0.117. The summed E-state index contributed by atoms with van der Waals surface area (Å²) in [5.41, 5.74) is 1.21. The van der Waals surface area contributed by atoms with Crippen LogP contribution in [0.1, 0.15) is 13.3 Å². The van der Waals surface area contributed by atoms with Crippen LogP contribution < -0.4 is 10.2 Å². The van der Waals surface area contributed by atoms with Crippen LogP contribution in [0.15, 0.2) is 48.5 Å². The topological polar surface area (TPSA) is 49.4 Å². The van der Waals surface area contributed by atoms with Crippen LogP contribution in [0.2, 0.25) is 10.0 Å². The number of anilines is 2. The van der Waals surface area contributed by atoms with Gasteiger partial charge in [-0.25, -0.2) is 0 Å². The Morgan fingerprint density at radius 2 is 1.74 bits per heavy atom. The van der Waals surface area contributed by atoms with Gasteiger partial charge in [0.2, 0.25) is 11.8 Å². The molecular weight excluding hydrogens is 335 g/mol. The third-order valence-corrected chi connectivity index (χ3v) is 4.03. The average Bonchev–Trinajstić information content (AvgIpc) is 2.52. The molecule has 0 spiro atoms. The fraction of sp³-hybridized carbons (Fsp3) is 0.176. The number of para-hydroxylation sites is 1. The molecule has 0 bridgehead atoms. The highest BCUT2D eigenvalue weighted by molar-refractivity contribution is 6.44. The number of hydrogen-bond acceptors (Lipinski definition) is 2. The highest BCUT2D eigenvalue weighted by atomic mass is 35.5. The second kappa shape index (κ2) is 7.99. The maximum Gasteiger partial charge on any atom is 0.226 e. The van der Waals surface area contributed by atoms with Crippen LogP contribution in [-0.4, -0.2) is 18.4 Å². The Kier molecular flexibility index (Phi) is 6.02. The predicted molar refractivity (Wildman–Crippen MR) is 94.2 cm³/mol. The predicted octanol–water partition coefficient (Wildman–Crippen LogP) is 4.38. The number of rotatable bonds is 5. The van der Waals surface area contributed by atoms with Crippen LogP contribution >= 0.6 is 23.2 Å². The number of benzene rings is 2. The van der Waals surface area contributed by atoms with Crippen molar-refractivity contribution in [3.05, 3.63) is 58.6 Å². The van der Waals surface area contributed by atoms with E-state index in [0.717, 1.165) is 0 Å². The van der Waals surface area contributed by atoms with E-state index in [4.69, 9.17) is 23.2 Å². The molecule has 0 aliphatic carbocycles. The number of amides is 2. The standard InChI is InChI=1S/C17H16Cl2N2O2/c1-12(22)21(15-9-5-8-14(18)17(15)19)11-10-16(23)20-13-6-3-2-4-7-13/h2-9H,10-11H2,1H3,(H,20,23). The zero-order valence-corrected chi connectivity index (χ0v) is 14.1. The van der Waals surface area contributed by atoms with E-state index in [0.29, 0.717) is 21.4 Å². The van der Waals surface area contributed by atoms with Crippen LogP contribution in [-0.2, 0) is 9.59 Å². The van der Waals surface area contributed by atoms with Gasteiger partial charge in [0.05, 0.1) is 15.7 Å². The lowest BCUT2D eigenvalue weighted by atomic mass is 10.2. The number of carbonyl (C=O) groups is 2. The molecule has 0 unspecified atom stereocenters. The van der Waals surface area contributed by atoms with Crippen molar-refractivity contribution in [2.24, 2.45) is 0 Å². The Bertz CT molecular complexity index is 705. The van der Waals surface area contributed by atoms with Crippen molar-refractivity contribution in [2.45, 2.75) is 13.3 Å². The molecule has 4 nitrogen and oxygen atoms in total. The van der Waals surface area contributed by atoms with Gasteiger partial charge in [-0.2, -0.15) is 0 Å².